The predicted octanol–water partition coefficient (Wildman–Crippen LogP) is 2.29. The van der Waals surface area contributed by atoms with Gasteiger partial charge in [0.25, 0.3) is 0 Å². The van der Waals surface area contributed by atoms with Crippen LogP contribution in [0.3, 0.4) is 0 Å². The molecule has 0 amide bonds. The molecular weight excluding hydrogens is 296 g/mol. The van der Waals surface area contributed by atoms with E-state index >= 15 is 0 Å². The van der Waals surface area contributed by atoms with Crippen LogP contribution in [0.15, 0.2) is 47.4 Å². The Morgan fingerprint density at radius 1 is 1.30 bits per heavy atom. The molecule has 0 radical (unpaired) electrons. The summed E-state index contributed by atoms with van der Waals surface area (Å²) < 4.78 is 12.6. The van der Waals surface area contributed by atoms with Crippen molar-refractivity contribution in [1.29, 1.82) is 0 Å². The van der Waals surface area contributed by atoms with E-state index < -0.39 is 18.5 Å². The molecule has 23 heavy (non-hydrogen) atoms. The van der Waals surface area contributed by atoms with Crippen LogP contribution in [0.25, 0.3) is 0 Å². The van der Waals surface area contributed by atoms with Crippen LogP contribution < -0.4 is 5.69 Å². The van der Waals surface area contributed by atoms with Crippen molar-refractivity contribution in [3.8, 4) is 0 Å². The van der Waals surface area contributed by atoms with Gasteiger partial charge in [0, 0.05) is 24.2 Å². The summed E-state index contributed by atoms with van der Waals surface area (Å²) in [5.74, 6) is -0.399. The highest BCUT2D eigenvalue weighted by Crippen LogP contribution is 2.33. The van der Waals surface area contributed by atoms with E-state index in [1.54, 1.807) is 43.5 Å². The normalized spacial score (nSPS) is 23.7. The average molecular weight is 314 g/mol. The SMILES string of the molecule is Cc1ccn(C2OC(OC(=O)c3ccccc3)CC2C)c(=O)n1. The van der Waals surface area contributed by atoms with Crippen molar-refractivity contribution in [3.63, 3.8) is 0 Å². The van der Waals surface area contributed by atoms with Gasteiger partial charge in [0.15, 0.2) is 0 Å². The lowest BCUT2D eigenvalue weighted by atomic mass is 10.1. The lowest BCUT2D eigenvalue weighted by molar-refractivity contribution is -0.124. The maximum absolute atomic E-state index is 12.1. The summed E-state index contributed by atoms with van der Waals surface area (Å²) in [6.45, 7) is 3.71. The number of aromatic nitrogens is 2. The molecule has 1 aromatic carbocycles. The molecule has 0 aliphatic carbocycles. The summed E-state index contributed by atoms with van der Waals surface area (Å²) in [5, 5.41) is 0. The van der Waals surface area contributed by atoms with E-state index in [2.05, 4.69) is 4.98 Å². The summed E-state index contributed by atoms with van der Waals surface area (Å²) in [5.41, 5.74) is 0.766. The fourth-order valence-electron chi connectivity index (χ4n) is 2.63. The monoisotopic (exact) mass is 314 g/mol. The van der Waals surface area contributed by atoms with Gasteiger partial charge in [0.2, 0.25) is 6.29 Å². The molecule has 6 nitrogen and oxygen atoms in total. The van der Waals surface area contributed by atoms with E-state index in [9.17, 15) is 9.59 Å². The zero-order chi connectivity index (χ0) is 16.4. The molecule has 1 aliphatic heterocycles. The average Bonchev–Trinajstić information content (AvgIpc) is 2.88. The lowest BCUT2D eigenvalue weighted by Gasteiger charge is -2.17. The van der Waals surface area contributed by atoms with Crippen LogP contribution in [0.2, 0.25) is 0 Å². The smallest absolute Gasteiger partial charge is 0.349 e. The molecule has 3 atom stereocenters. The maximum atomic E-state index is 12.1. The van der Waals surface area contributed by atoms with E-state index in [1.165, 1.54) is 4.57 Å². The molecular formula is C17H18N2O4. The molecule has 0 N–H and O–H groups in total. The minimum Gasteiger partial charge on any atom is -0.432 e. The Morgan fingerprint density at radius 2 is 2.04 bits per heavy atom. The Hall–Kier alpha value is -2.47. The first-order valence-corrected chi connectivity index (χ1v) is 7.52. The van der Waals surface area contributed by atoms with Gasteiger partial charge in [-0.2, -0.15) is 4.98 Å². The second-order valence-corrected chi connectivity index (χ2v) is 5.70. The number of nitrogens with zero attached hydrogens (tertiary/aromatic N) is 2. The van der Waals surface area contributed by atoms with E-state index in [4.69, 9.17) is 9.47 Å². The summed E-state index contributed by atoms with van der Waals surface area (Å²) in [4.78, 5) is 28.0. The van der Waals surface area contributed by atoms with E-state index in [-0.39, 0.29) is 11.6 Å². The van der Waals surface area contributed by atoms with Crippen molar-refractivity contribution in [2.75, 3.05) is 0 Å². The van der Waals surface area contributed by atoms with Gasteiger partial charge in [0.05, 0.1) is 5.56 Å². The zero-order valence-corrected chi connectivity index (χ0v) is 13.0. The van der Waals surface area contributed by atoms with Gasteiger partial charge in [-0.1, -0.05) is 25.1 Å². The number of carbonyl (C=O) groups is 1. The molecule has 3 rings (SSSR count). The van der Waals surface area contributed by atoms with Crippen LogP contribution >= 0.6 is 0 Å². The quantitative estimate of drug-likeness (QED) is 0.813. The highest BCUT2D eigenvalue weighted by atomic mass is 16.7. The van der Waals surface area contributed by atoms with Gasteiger partial charge in [-0.15, -0.1) is 0 Å². The van der Waals surface area contributed by atoms with Crippen molar-refractivity contribution in [2.45, 2.75) is 32.8 Å². The molecule has 1 aromatic heterocycles. The molecule has 3 unspecified atom stereocenters. The van der Waals surface area contributed by atoms with Crippen LogP contribution in [-0.4, -0.2) is 21.8 Å². The Morgan fingerprint density at radius 3 is 2.74 bits per heavy atom. The number of hydrogen-bond donors (Lipinski definition) is 0. The van der Waals surface area contributed by atoms with Crippen LogP contribution in [0.1, 0.15) is 35.6 Å². The number of rotatable bonds is 3. The first-order valence-electron chi connectivity index (χ1n) is 7.52. The largest absolute Gasteiger partial charge is 0.432 e. The molecule has 0 saturated carbocycles. The second kappa shape index (κ2) is 6.34. The van der Waals surface area contributed by atoms with Gasteiger partial charge < -0.3 is 9.47 Å². The summed E-state index contributed by atoms with van der Waals surface area (Å²) in [6.07, 6.45) is 1.04. The Labute approximate surface area is 133 Å². The number of aryl methyl sites for hydroxylation is 1. The lowest BCUT2D eigenvalue weighted by Crippen LogP contribution is -2.29. The third kappa shape index (κ3) is 3.32. The third-order valence-electron chi connectivity index (χ3n) is 3.83. The summed E-state index contributed by atoms with van der Waals surface area (Å²) >= 11 is 0. The van der Waals surface area contributed by atoms with Crippen LogP contribution in [-0.2, 0) is 9.47 Å². The molecule has 1 saturated heterocycles. The van der Waals surface area contributed by atoms with E-state index in [0.717, 1.165) is 0 Å². The molecule has 0 spiro atoms. The summed E-state index contributed by atoms with van der Waals surface area (Å²) in [6, 6.07) is 10.5. The van der Waals surface area contributed by atoms with Gasteiger partial charge in [0.1, 0.15) is 6.23 Å². The Bertz CT molecular complexity index is 757. The van der Waals surface area contributed by atoms with E-state index in [1.807, 2.05) is 13.0 Å². The topological polar surface area (TPSA) is 70.4 Å². The third-order valence-corrected chi connectivity index (χ3v) is 3.83. The highest BCUT2D eigenvalue weighted by Gasteiger charge is 2.36. The second-order valence-electron chi connectivity index (χ2n) is 5.70. The van der Waals surface area contributed by atoms with Gasteiger partial charge in [-0.3, -0.25) is 4.57 Å². The van der Waals surface area contributed by atoms with Crippen LogP contribution in [0.5, 0.6) is 0 Å². The zero-order valence-electron chi connectivity index (χ0n) is 13.0. The molecule has 2 aromatic rings. The van der Waals surface area contributed by atoms with Crippen molar-refractivity contribution in [3.05, 3.63) is 64.3 Å². The van der Waals surface area contributed by atoms with Gasteiger partial charge in [-0.05, 0) is 25.1 Å². The van der Waals surface area contributed by atoms with Crippen LogP contribution in [0, 0.1) is 12.8 Å². The fraction of sp³-hybridized carbons (Fsp3) is 0.353. The Balaban J connectivity index is 1.71. The Kier molecular flexibility index (Phi) is 4.25. The van der Waals surface area contributed by atoms with Crippen molar-refractivity contribution in [2.24, 2.45) is 5.92 Å². The van der Waals surface area contributed by atoms with Crippen molar-refractivity contribution < 1.29 is 14.3 Å². The van der Waals surface area contributed by atoms with Crippen molar-refractivity contribution in [1.82, 2.24) is 9.55 Å². The molecule has 1 fully saturated rings. The minimum absolute atomic E-state index is 0.0331. The molecule has 1 aliphatic rings. The number of carbonyl (C=O) groups excluding carboxylic acids is 1. The number of hydrogen-bond acceptors (Lipinski definition) is 5. The molecule has 120 valence electrons. The number of benzene rings is 1. The molecule has 2 heterocycles. The maximum Gasteiger partial charge on any atom is 0.349 e. The van der Waals surface area contributed by atoms with Gasteiger partial charge in [-0.25, -0.2) is 9.59 Å². The molecule has 6 heteroatoms. The first kappa shape index (κ1) is 15.4. The standard InChI is InChI=1S/C17H18N2O4/c1-11-10-14(23-16(20)13-6-4-3-5-7-13)22-15(11)19-9-8-12(2)18-17(19)21/h3-9,11,14-15H,10H2,1-2H3. The number of ether oxygens (including phenoxy) is 2. The van der Waals surface area contributed by atoms with Crippen molar-refractivity contribution >= 4 is 5.97 Å². The van der Waals surface area contributed by atoms with Crippen LogP contribution in [0.4, 0.5) is 0 Å². The summed E-state index contributed by atoms with van der Waals surface area (Å²) in [7, 11) is 0. The molecule has 0 bridgehead atoms. The predicted molar refractivity (Wildman–Crippen MR) is 82.8 cm³/mol. The van der Waals surface area contributed by atoms with E-state index in [0.29, 0.717) is 17.7 Å². The minimum atomic E-state index is -0.670. The van der Waals surface area contributed by atoms with Gasteiger partial charge >= 0.3 is 11.7 Å². The first-order chi connectivity index (χ1) is 11.0. The fourth-order valence-corrected chi connectivity index (χ4v) is 2.63. The number of esters is 1. The highest BCUT2D eigenvalue weighted by molar-refractivity contribution is 5.89.